The Balaban J connectivity index is 1.82. The SMILES string of the molecule is CSCCCNC(=S)N1CCN(S(=O)(=O)/C=C/c2ccccc2)CC1. The van der Waals surface area contributed by atoms with E-state index in [0.717, 1.165) is 29.4 Å². The highest BCUT2D eigenvalue weighted by molar-refractivity contribution is 7.98. The van der Waals surface area contributed by atoms with Gasteiger partial charge < -0.3 is 10.2 Å². The number of nitrogens with zero attached hydrogens (tertiary/aromatic N) is 2. The molecule has 0 atom stereocenters. The van der Waals surface area contributed by atoms with E-state index in [9.17, 15) is 8.42 Å². The van der Waals surface area contributed by atoms with Crippen LogP contribution >= 0.6 is 24.0 Å². The lowest BCUT2D eigenvalue weighted by atomic mass is 10.2. The van der Waals surface area contributed by atoms with Crippen LogP contribution in [0.25, 0.3) is 6.08 Å². The number of sulfonamides is 1. The third-order valence-electron chi connectivity index (χ3n) is 3.92. The fourth-order valence-corrected chi connectivity index (χ4v) is 4.38. The van der Waals surface area contributed by atoms with E-state index in [2.05, 4.69) is 11.6 Å². The van der Waals surface area contributed by atoms with Crippen LogP contribution < -0.4 is 5.32 Å². The van der Waals surface area contributed by atoms with Crippen molar-refractivity contribution in [3.05, 3.63) is 41.3 Å². The van der Waals surface area contributed by atoms with Gasteiger partial charge in [0.2, 0.25) is 10.0 Å². The van der Waals surface area contributed by atoms with E-state index in [4.69, 9.17) is 12.2 Å². The van der Waals surface area contributed by atoms with Gasteiger partial charge in [-0.05, 0) is 42.3 Å². The predicted molar refractivity (Wildman–Crippen MR) is 111 cm³/mol. The molecule has 1 saturated heterocycles. The molecule has 2 rings (SSSR count). The Bertz CT molecular complexity index is 670. The second-order valence-corrected chi connectivity index (χ2v) is 8.91. The number of rotatable bonds is 7. The number of nitrogens with one attached hydrogen (secondary N) is 1. The molecule has 0 saturated carbocycles. The molecule has 0 radical (unpaired) electrons. The maximum Gasteiger partial charge on any atom is 0.236 e. The third kappa shape index (κ3) is 6.62. The summed E-state index contributed by atoms with van der Waals surface area (Å²) in [6.07, 6.45) is 4.80. The van der Waals surface area contributed by atoms with Gasteiger partial charge in [0.25, 0.3) is 0 Å². The first-order chi connectivity index (χ1) is 12.0. The van der Waals surface area contributed by atoms with Crippen molar-refractivity contribution in [1.82, 2.24) is 14.5 Å². The molecule has 1 aromatic carbocycles. The van der Waals surface area contributed by atoms with Crippen LogP contribution in [0.1, 0.15) is 12.0 Å². The molecule has 1 heterocycles. The summed E-state index contributed by atoms with van der Waals surface area (Å²) in [5.74, 6) is 1.11. The number of hydrogen-bond donors (Lipinski definition) is 1. The summed E-state index contributed by atoms with van der Waals surface area (Å²) >= 11 is 7.21. The van der Waals surface area contributed by atoms with Crippen molar-refractivity contribution in [2.45, 2.75) is 6.42 Å². The molecule has 5 nitrogen and oxygen atoms in total. The van der Waals surface area contributed by atoms with Gasteiger partial charge in [0.1, 0.15) is 0 Å². The van der Waals surface area contributed by atoms with Crippen LogP contribution in [0.5, 0.6) is 0 Å². The van der Waals surface area contributed by atoms with Gasteiger partial charge in [0.15, 0.2) is 5.11 Å². The Labute approximate surface area is 160 Å². The highest BCUT2D eigenvalue weighted by Crippen LogP contribution is 2.11. The predicted octanol–water partition coefficient (Wildman–Crippen LogP) is 2.23. The molecule has 0 aliphatic carbocycles. The molecule has 0 aromatic heterocycles. The van der Waals surface area contributed by atoms with E-state index < -0.39 is 10.0 Å². The minimum atomic E-state index is -3.40. The Kier molecular flexibility index (Phi) is 8.21. The van der Waals surface area contributed by atoms with Crippen molar-refractivity contribution in [1.29, 1.82) is 0 Å². The van der Waals surface area contributed by atoms with Crippen LogP contribution in [0.2, 0.25) is 0 Å². The molecular weight excluding hydrogens is 374 g/mol. The van der Waals surface area contributed by atoms with E-state index in [1.807, 2.05) is 47.0 Å². The van der Waals surface area contributed by atoms with E-state index >= 15 is 0 Å². The van der Waals surface area contributed by atoms with Crippen molar-refractivity contribution >= 4 is 45.2 Å². The zero-order chi connectivity index (χ0) is 18.1. The van der Waals surface area contributed by atoms with Gasteiger partial charge in [0.05, 0.1) is 0 Å². The summed E-state index contributed by atoms with van der Waals surface area (Å²) < 4.78 is 26.4. The Morgan fingerprint density at radius 3 is 2.56 bits per heavy atom. The van der Waals surface area contributed by atoms with Crippen molar-refractivity contribution in [2.24, 2.45) is 0 Å². The van der Waals surface area contributed by atoms with Crippen LogP contribution in [-0.2, 0) is 10.0 Å². The lowest BCUT2D eigenvalue weighted by Crippen LogP contribution is -2.52. The molecule has 25 heavy (non-hydrogen) atoms. The quantitative estimate of drug-likeness (QED) is 0.561. The van der Waals surface area contributed by atoms with Gasteiger partial charge in [-0.25, -0.2) is 8.42 Å². The van der Waals surface area contributed by atoms with E-state index in [1.165, 1.54) is 9.71 Å². The number of piperazine rings is 1. The zero-order valence-corrected chi connectivity index (χ0v) is 16.9. The fraction of sp³-hybridized carbons (Fsp3) is 0.471. The summed E-state index contributed by atoms with van der Waals surface area (Å²) in [5, 5.41) is 5.26. The highest BCUT2D eigenvalue weighted by Gasteiger charge is 2.25. The lowest BCUT2D eigenvalue weighted by Gasteiger charge is -2.35. The Morgan fingerprint density at radius 2 is 1.92 bits per heavy atom. The third-order valence-corrected chi connectivity index (χ3v) is 6.58. The maximum atomic E-state index is 12.4. The van der Waals surface area contributed by atoms with Gasteiger partial charge in [-0.1, -0.05) is 30.3 Å². The molecule has 0 bridgehead atoms. The van der Waals surface area contributed by atoms with Gasteiger partial charge in [-0.15, -0.1) is 0 Å². The molecular formula is C17H25N3O2S3. The smallest absolute Gasteiger partial charge is 0.236 e. The van der Waals surface area contributed by atoms with Gasteiger partial charge >= 0.3 is 0 Å². The number of benzene rings is 1. The molecule has 0 unspecified atom stereocenters. The molecule has 1 N–H and O–H groups in total. The minimum absolute atomic E-state index is 0.452. The molecule has 1 fully saturated rings. The number of thioether (sulfide) groups is 1. The number of thiocarbonyl (C=S) groups is 1. The van der Waals surface area contributed by atoms with Crippen LogP contribution in [0.15, 0.2) is 35.7 Å². The van der Waals surface area contributed by atoms with Crippen LogP contribution in [0, 0.1) is 0 Å². The van der Waals surface area contributed by atoms with Crippen molar-refractivity contribution < 1.29 is 8.42 Å². The average molecular weight is 400 g/mol. The molecule has 1 aliphatic rings. The normalized spacial score (nSPS) is 16.3. The van der Waals surface area contributed by atoms with Gasteiger partial charge in [-0.2, -0.15) is 16.1 Å². The van der Waals surface area contributed by atoms with E-state index in [0.29, 0.717) is 26.2 Å². The summed E-state index contributed by atoms with van der Waals surface area (Å²) in [6.45, 7) is 3.00. The minimum Gasteiger partial charge on any atom is -0.363 e. The van der Waals surface area contributed by atoms with E-state index in [-0.39, 0.29) is 0 Å². The summed E-state index contributed by atoms with van der Waals surface area (Å²) in [7, 11) is -3.40. The van der Waals surface area contributed by atoms with Crippen molar-refractivity contribution in [3.63, 3.8) is 0 Å². The number of hydrogen-bond acceptors (Lipinski definition) is 4. The van der Waals surface area contributed by atoms with Crippen LogP contribution in [0.4, 0.5) is 0 Å². The molecule has 1 aromatic rings. The molecule has 138 valence electrons. The monoisotopic (exact) mass is 399 g/mol. The van der Waals surface area contributed by atoms with Crippen molar-refractivity contribution in [3.8, 4) is 0 Å². The molecule has 8 heteroatoms. The molecule has 1 aliphatic heterocycles. The second kappa shape index (κ2) is 10.2. The zero-order valence-electron chi connectivity index (χ0n) is 14.4. The van der Waals surface area contributed by atoms with E-state index in [1.54, 1.807) is 6.08 Å². The standard InChI is InChI=1S/C17H25N3O2S3/c1-24-14-5-9-18-17(23)19-10-12-20(13-11-19)25(21,22)15-8-16-6-3-2-4-7-16/h2-4,6-8,15H,5,9-14H2,1H3,(H,18,23)/b15-8+. The van der Waals surface area contributed by atoms with Crippen LogP contribution in [0.3, 0.4) is 0 Å². The highest BCUT2D eigenvalue weighted by atomic mass is 32.2. The molecule has 0 spiro atoms. The Hall–Kier alpha value is -1.09. The summed E-state index contributed by atoms with van der Waals surface area (Å²) in [4.78, 5) is 2.04. The summed E-state index contributed by atoms with van der Waals surface area (Å²) in [6, 6.07) is 9.44. The molecule has 0 amide bonds. The van der Waals surface area contributed by atoms with Gasteiger partial charge in [0, 0.05) is 38.1 Å². The first-order valence-electron chi connectivity index (χ1n) is 8.28. The van der Waals surface area contributed by atoms with Crippen molar-refractivity contribution in [2.75, 3.05) is 44.7 Å². The summed E-state index contributed by atoms with van der Waals surface area (Å²) in [5.41, 5.74) is 0.875. The maximum absolute atomic E-state index is 12.4. The lowest BCUT2D eigenvalue weighted by molar-refractivity contribution is 0.266. The Morgan fingerprint density at radius 1 is 1.24 bits per heavy atom. The fourth-order valence-electron chi connectivity index (χ4n) is 2.48. The average Bonchev–Trinajstić information content (AvgIpc) is 2.64. The topological polar surface area (TPSA) is 52.6 Å². The van der Waals surface area contributed by atoms with Gasteiger partial charge in [-0.3, -0.25) is 0 Å². The first-order valence-corrected chi connectivity index (χ1v) is 11.6. The largest absolute Gasteiger partial charge is 0.363 e. The van der Waals surface area contributed by atoms with Crippen LogP contribution in [-0.4, -0.2) is 67.5 Å². The second-order valence-electron chi connectivity index (χ2n) is 5.72. The first kappa shape index (κ1) is 20.2.